The molecule has 1 aromatic rings. The molecular formula is C26H39N3O6. The minimum absolute atomic E-state index is 0.0728. The number of nitrogens with zero attached hydrogens (tertiary/aromatic N) is 2. The van der Waals surface area contributed by atoms with Crippen molar-refractivity contribution in [2.75, 3.05) is 13.6 Å². The number of hydrogen-bond acceptors (Lipinski definition) is 6. The van der Waals surface area contributed by atoms with Gasteiger partial charge in [-0.15, -0.1) is 0 Å². The summed E-state index contributed by atoms with van der Waals surface area (Å²) in [5, 5.41) is 12.6. The molecule has 1 heterocycles. The van der Waals surface area contributed by atoms with E-state index in [-0.39, 0.29) is 19.6 Å². The van der Waals surface area contributed by atoms with E-state index in [0.29, 0.717) is 6.42 Å². The number of amides is 3. The molecule has 9 heteroatoms. The molecule has 1 fully saturated rings. The zero-order valence-electron chi connectivity index (χ0n) is 21.1. The summed E-state index contributed by atoms with van der Waals surface area (Å²) in [6.45, 7) is 3.96. The molecule has 1 aromatic carbocycles. The molecule has 0 bridgehead atoms. The van der Waals surface area contributed by atoms with Gasteiger partial charge in [0.1, 0.15) is 12.6 Å². The van der Waals surface area contributed by atoms with Gasteiger partial charge in [0, 0.05) is 7.05 Å². The summed E-state index contributed by atoms with van der Waals surface area (Å²) in [4.78, 5) is 52.4. The fourth-order valence-electron chi connectivity index (χ4n) is 4.17. The molecular weight excluding hydrogens is 450 g/mol. The van der Waals surface area contributed by atoms with E-state index in [2.05, 4.69) is 12.2 Å². The quantitative estimate of drug-likeness (QED) is 0.286. The minimum atomic E-state index is -1.25. The van der Waals surface area contributed by atoms with Gasteiger partial charge in [-0.3, -0.25) is 14.9 Å². The van der Waals surface area contributed by atoms with Crippen molar-refractivity contribution < 1.29 is 29.0 Å². The molecule has 1 aliphatic rings. The van der Waals surface area contributed by atoms with Gasteiger partial charge in [0.2, 0.25) is 5.91 Å². The second kappa shape index (κ2) is 14.5. The number of carboxylic acid groups (broad SMARTS) is 1. The largest absolute Gasteiger partial charge is 0.480 e. The molecule has 1 unspecified atom stereocenters. The summed E-state index contributed by atoms with van der Waals surface area (Å²) >= 11 is 0. The average Bonchev–Trinajstić information content (AvgIpc) is 3.16. The number of ether oxygens (including phenoxy) is 1. The maximum Gasteiger partial charge on any atom is 0.328 e. The first-order valence-electron chi connectivity index (χ1n) is 12.6. The Labute approximate surface area is 207 Å². The Balaban J connectivity index is 2.08. The van der Waals surface area contributed by atoms with Gasteiger partial charge in [0.25, 0.3) is 0 Å². The normalized spacial score (nSPS) is 17.3. The van der Waals surface area contributed by atoms with Crippen LogP contribution in [0.15, 0.2) is 30.3 Å². The monoisotopic (exact) mass is 489 g/mol. The molecule has 194 valence electrons. The predicted molar refractivity (Wildman–Crippen MR) is 132 cm³/mol. The molecule has 9 nitrogen and oxygen atoms in total. The molecule has 0 aromatic heterocycles. The van der Waals surface area contributed by atoms with Crippen LogP contribution in [0.2, 0.25) is 0 Å². The second-order valence-corrected chi connectivity index (χ2v) is 9.06. The summed E-state index contributed by atoms with van der Waals surface area (Å²) in [6.07, 6.45) is 7.07. The SMILES string of the molecule is CCCCCCCC[C@H](N[C@@H](CC)C(=O)N1C(=O)N(C)CC1C(=O)O)C(=O)OCc1ccccc1. The van der Waals surface area contributed by atoms with Gasteiger partial charge in [-0.1, -0.05) is 82.7 Å². The number of unbranched alkanes of at least 4 members (excludes halogenated alkanes) is 5. The van der Waals surface area contributed by atoms with Crippen molar-refractivity contribution in [1.82, 2.24) is 15.1 Å². The first-order valence-corrected chi connectivity index (χ1v) is 12.6. The Hall–Kier alpha value is -2.94. The summed E-state index contributed by atoms with van der Waals surface area (Å²) in [7, 11) is 1.46. The summed E-state index contributed by atoms with van der Waals surface area (Å²) in [5.74, 6) is -2.34. The maximum absolute atomic E-state index is 13.2. The first-order chi connectivity index (χ1) is 16.8. The van der Waals surface area contributed by atoms with Crippen LogP contribution >= 0.6 is 0 Å². The van der Waals surface area contributed by atoms with Crippen LogP contribution in [0.3, 0.4) is 0 Å². The van der Waals surface area contributed by atoms with Crippen molar-refractivity contribution in [3.63, 3.8) is 0 Å². The van der Waals surface area contributed by atoms with Crippen molar-refractivity contribution in [2.24, 2.45) is 0 Å². The van der Waals surface area contributed by atoms with Crippen molar-refractivity contribution >= 4 is 23.9 Å². The Morgan fingerprint density at radius 3 is 2.34 bits per heavy atom. The highest BCUT2D eigenvalue weighted by atomic mass is 16.5. The van der Waals surface area contributed by atoms with Crippen LogP contribution in [0.1, 0.15) is 70.8 Å². The van der Waals surface area contributed by atoms with Crippen LogP contribution in [-0.2, 0) is 25.7 Å². The van der Waals surface area contributed by atoms with Crippen LogP contribution in [0.4, 0.5) is 4.79 Å². The third-order valence-corrected chi connectivity index (χ3v) is 6.28. The Morgan fingerprint density at radius 1 is 1.06 bits per heavy atom. The van der Waals surface area contributed by atoms with Gasteiger partial charge in [0.15, 0.2) is 6.04 Å². The van der Waals surface area contributed by atoms with Crippen molar-refractivity contribution in [3.8, 4) is 0 Å². The average molecular weight is 490 g/mol. The second-order valence-electron chi connectivity index (χ2n) is 9.06. The lowest BCUT2D eigenvalue weighted by Gasteiger charge is -2.27. The van der Waals surface area contributed by atoms with E-state index in [9.17, 15) is 24.3 Å². The number of carboxylic acids is 1. The molecule has 3 amide bonds. The number of rotatable bonds is 15. The number of hydrogen-bond donors (Lipinski definition) is 2. The molecule has 1 aliphatic heterocycles. The zero-order chi connectivity index (χ0) is 25.8. The molecule has 3 atom stereocenters. The topological polar surface area (TPSA) is 116 Å². The lowest BCUT2D eigenvalue weighted by molar-refractivity contribution is -0.150. The Kier molecular flexibility index (Phi) is 11.7. The summed E-state index contributed by atoms with van der Waals surface area (Å²) < 4.78 is 5.54. The predicted octanol–water partition coefficient (Wildman–Crippen LogP) is 3.56. The first kappa shape index (κ1) is 28.3. The van der Waals surface area contributed by atoms with E-state index in [1.165, 1.54) is 18.4 Å². The number of nitrogens with one attached hydrogen (secondary N) is 1. The number of likely N-dealkylation sites (N-methyl/N-ethyl adjacent to an activating group) is 1. The van der Waals surface area contributed by atoms with E-state index < -0.39 is 42.0 Å². The van der Waals surface area contributed by atoms with E-state index >= 15 is 0 Å². The van der Waals surface area contributed by atoms with Crippen LogP contribution in [-0.4, -0.2) is 70.5 Å². The highest BCUT2D eigenvalue weighted by Crippen LogP contribution is 2.18. The highest BCUT2D eigenvalue weighted by Gasteiger charge is 2.45. The fourth-order valence-corrected chi connectivity index (χ4v) is 4.17. The smallest absolute Gasteiger partial charge is 0.328 e. The lowest BCUT2D eigenvalue weighted by Crippen LogP contribution is -2.55. The summed E-state index contributed by atoms with van der Waals surface area (Å²) in [6, 6.07) is 5.81. The fraction of sp³-hybridized carbons (Fsp3) is 0.615. The highest BCUT2D eigenvalue weighted by molar-refractivity contribution is 6.02. The van der Waals surface area contributed by atoms with E-state index in [0.717, 1.165) is 42.6 Å². The van der Waals surface area contributed by atoms with Gasteiger partial charge < -0.3 is 14.7 Å². The van der Waals surface area contributed by atoms with E-state index in [1.807, 2.05) is 30.3 Å². The molecule has 0 spiro atoms. The van der Waals surface area contributed by atoms with Crippen LogP contribution in [0.5, 0.6) is 0 Å². The molecule has 2 N–H and O–H groups in total. The minimum Gasteiger partial charge on any atom is -0.480 e. The zero-order valence-corrected chi connectivity index (χ0v) is 21.1. The molecule has 0 saturated carbocycles. The standard InChI is InChI=1S/C26H39N3O6/c1-4-6-7-8-9-13-16-21(25(33)35-18-19-14-11-10-12-15-19)27-20(5-2)23(30)29-22(24(31)32)17-28(3)26(29)34/h10-12,14-15,20-22,27H,4-9,13,16-18H2,1-3H3,(H,31,32)/t20-,21-,22?/m0/s1. The number of esters is 1. The van der Waals surface area contributed by atoms with Crippen molar-refractivity contribution in [2.45, 2.75) is 89.9 Å². The molecule has 0 radical (unpaired) electrons. The van der Waals surface area contributed by atoms with Gasteiger partial charge in [-0.25, -0.2) is 14.5 Å². The van der Waals surface area contributed by atoms with Gasteiger partial charge in [-0.05, 0) is 18.4 Å². The number of aliphatic carboxylic acids is 1. The third kappa shape index (κ3) is 8.35. The molecule has 35 heavy (non-hydrogen) atoms. The van der Waals surface area contributed by atoms with Crippen molar-refractivity contribution in [3.05, 3.63) is 35.9 Å². The molecule has 0 aliphatic carbocycles. The van der Waals surface area contributed by atoms with E-state index in [4.69, 9.17) is 4.74 Å². The van der Waals surface area contributed by atoms with Crippen LogP contribution < -0.4 is 5.32 Å². The molecule has 1 saturated heterocycles. The molecule has 2 rings (SSSR count). The van der Waals surface area contributed by atoms with Gasteiger partial charge >= 0.3 is 18.0 Å². The van der Waals surface area contributed by atoms with Gasteiger partial charge in [-0.2, -0.15) is 0 Å². The van der Waals surface area contributed by atoms with Crippen LogP contribution in [0.25, 0.3) is 0 Å². The van der Waals surface area contributed by atoms with E-state index in [1.54, 1.807) is 6.92 Å². The summed E-state index contributed by atoms with van der Waals surface area (Å²) in [5.41, 5.74) is 0.859. The van der Waals surface area contributed by atoms with Crippen molar-refractivity contribution in [1.29, 1.82) is 0 Å². The number of urea groups is 1. The third-order valence-electron chi connectivity index (χ3n) is 6.28. The lowest BCUT2D eigenvalue weighted by atomic mass is 10.0. The number of carbonyl (C=O) groups is 4. The number of benzene rings is 1. The van der Waals surface area contributed by atoms with Gasteiger partial charge in [0.05, 0.1) is 12.6 Å². The maximum atomic E-state index is 13.2. The Morgan fingerprint density at radius 2 is 1.71 bits per heavy atom. The van der Waals surface area contributed by atoms with Crippen LogP contribution in [0, 0.1) is 0 Å². The number of imide groups is 1. The number of carbonyl (C=O) groups excluding carboxylic acids is 3. The Bertz CT molecular complexity index is 847.